The largest absolute Gasteiger partial charge is 0.330 e. The molecule has 0 spiro atoms. The summed E-state index contributed by atoms with van der Waals surface area (Å²) < 4.78 is 0. The summed E-state index contributed by atoms with van der Waals surface area (Å²) in [7, 11) is 0. The van der Waals surface area contributed by atoms with Crippen molar-refractivity contribution in [3.8, 4) is 0 Å². The Morgan fingerprint density at radius 1 is 1.44 bits per heavy atom. The molecule has 1 heterocycles. The summed E-state index contributed by atoms with van der Waals surface area (Å²) in [5.74, 6) is 0.276. The Labute approximate surface area is 102 Å². The second-order valence-electron chi connectivity index (χ2n) is 5.06. The minimum atomic E-state index is 0.176. The van der Waals surface area contributed by atoms with Gasteiger partial charge >= 0.3 is 0 Å². The van der Waals surface area contributed by atoms with Crippen molar-refractivity contribution in [3.05, 3.63) is 21.9 Å². The predicted molar refractivity (Wildman–Crippen MR) is 70.1 cm³/mol. The molecule has 0 radical (unpaired) electrons. The van der Waals surface area contributed by atoms with Gasteiger partial charge in [-0.05, 0) is 48.7 Å². The van der Waals surface area contributed by atoms with E-state index < -0.39 is 0 Å². The molecule has 2 N–H and O–H groups in total. The molecule has 2 nitrogen and oxygen atoms in total. The first kappa shape index (κ1) is 13.4. The van der Waals surface area contributed by atoms with Gasteiger partial charge in [-0.3, -0.25) is 4.79 Å². The fourth-order valence-corrected chi connectivity index (χ4v) is 2.64. The molecule has 0 amide bonds. The molecule has 0 unspecified atom stereocenters. The minimum absolute atomic E-state index is 0.176. The van der Waals surface area contributed by atoms with E-state index in [9.17, 15) is 4.79 Å². The highest BCUT2D eigenvalue weighted by Crippen LogP contribution is 2.28. The first-order valence-electron chi connectivity index (χ1n) is 5.73. The van der Waals surface area contributed by atoms with Crippen LogP contribution in [0.3, 0.4) is 0 Å². The summed E-state index contributed by atoms with van der Waals surface area (Å²) in [5.41, 5.74) is 6.84. The van der Waals surface area contributed by atoms with Gasteiger partial charge in [0.15, 0.2) is 5.78 Å². The summed E-state index contributed by atoms with van der Waals surface area (Å²) in [4.78, 5) is 12.9. The highest BCUT2D eigenvalue weighted by atomic mass is 32.1. The second kappa shape index (κ2) is 5.60. The molecule has 3 heteroatoms. The maximum atomic E-state index is 12.0. The van der Waals surface area contributed by atoms with Gasteiger partial charge in [0.1, 0.15) is 0 Å². The van der Waals surface area contributed by atoms with Gasteiger partial charge in [0, 0.05) is 6.42 Å². The van der Waals surface area contributed by atoms with E-state index in [4.69, 9.17) is 5.73 Å². The van der Waals surface area contributed by atoms with Gasteiger partial charge in [0.25, 0.3) is 0 Å². The maximum Gasteiger partial charge on any atom is 0.173 e. The van der Waals surface area contributed by atoms with Gasteiger partial charge in [0.05, 0.1) is 4.88 Å². The topological polar surface area (TPSA) is 43.1 Å². The zero-order valence-corrected chi connectivity index (χ0v) is 11.2. The Bertz CT molecular complexity index is 355. The molecule has 0 aliphatic heterocycles. The SMILES string of the molecule is Cc1ccsc1C(=O)CCC(C)(C)CCN. The first-order chi connectivity index (χ1) is 7.46. The second-order valence-corrected chi connectivity index (χ2v) is 5.97. The number of ketones is 1. The number of Topliss-reactive ketones (excluding diaryl/α,β-unsaturated/α-hetero) is 1. The minimum Gasteiger partial charge on any atom is -0.330 e. The van der Waals surface area contributed by atoms with E-state index in [0.717, 1.165) is 23.3 Å². The Hall–Kier alpha value is -0.670. The van der Waals surface area contributed by atoms with E-state index in [1.807, 2.05) is 18.4 Å². The van der Waals surface area contributed by atoms with Crippen LogP contribution >= 0.6 is 11.3 Å². The molecule has 90 valence electrons. The number of thiophene rings is 1. The van der Waals surface area contributed by atoms with E-state index >= 15 is 0 Å². The summed E-state index contributed by atoms with van der Waals surface area (Å²) in [6.07, 6.45) is 2.53. The lowest BCUT2D eigenvalue weighted by Crippen LogP contribution is -2.18. The van der Waals surface area contributed by atoms with Gasteiger partial charge in [0.2, 0.25) is 0 Å². The molecule has 0 aliphatic carbocycles. The molecule has 1 aromatic rings. The average molecular weight is 239 g/mol. The number of carbonyl (C=O) groups excluding carboxylic acids is 1. The zero-order valence-electron chi connectivity index (χ0n) is 10.4. The monoisotopic (exact) mass is 239 g/mol. The lowest BCUT2D eigenvalue weighted by Gasteiger charge is -2.23. The summed E-state index contributed by atoms with van der Waals surface area (Å²) in [6, 6.07) is 2.00. The lowest BCUT2D eigenvalue weighted by molar-refractivity contribution is 0.0965. The van der Waals surface area contributed by atoms with Crippen LogP contribution in [0.15, 0.2) is 11.4 Å². The smallest absolute Gasteiger partial charge is 0.173 e. The molecular weight excluding hydrogens is 218 g/mol. The Kier molecular flexibility index (Phi) is 4.69. The van der Waals surface area contributed by atoms with Crippen molar-refractivity contribution >= 4 is 17.1 Å². The van der Waals surface area contributed by atoms with Crippen LogP contribution < -0.4 is 5.73 Å². The quantitative estimate of drug-likeness (QED) is 0.773. The van der Waals surface area contributed by atoms with Crippen LogP contribution in [0.1, 0.15) is 48.3 Å². The van der Waals surface area contributed by atoms with Crippen LogP contribution in [-0.2, 0) is 0 Å². The van der Waals surface area contributed by atoms with Crippen LogP contribution in [0.5, 0.6) is 0 Å². The van der Waals surface area contributed by atoms with Crippen LogP contribution in [0.4, 0.5) is 0 Å². The van der Waals surface area contributed by atoms with Crippen molar-refractivity contribution in [3.63, 3.8) is 0 Å². The fraction of sp³-hybridized carbons (Fsp3) is 0.615. The molecule has 0 saturated carbocycles. The number of carbonyl (C=O) groups is 1. The molecule has 0 saturated heterocycles. The normalized spacial score (nSPS) is 11.8. The summed E-state index contributed by atoms with van der Waals surface area (Å²) in [5, 5.41) is 1.98. The van der Waals surface area contributed by atoms with Gasteiger partial charge in [-0.25, -0.2) is 0 Å². The van der Waals surface area contributed by atoms with E-state index in [0.29, 0.717) is 13.0 Å². The first-order valence-corrected chi connectivity index (χ1v) is 6.61. The number of aryl methyl sites for hydroxylation is 1. The molecule has 0 fully saturated rings. The number of hydrogen-bond donors (Lipinski definition) is 1. The highest BCUT2D eigenvalue weighted by Gasteiger charge is 2.19. The summed E-state index contributed by atoms with van der Waals surface area (Å²) >= 11 is 1.55. The molecule has 0 atom stereocenters. The maximum absolute atomic E-state index is 12.0. The van der Waals surface area contributed by atoms with Crippen LogP contribution in [0.2, 0.25) is 0 Å². The summed E-state index contributed by atoms with van der Waals surface area (Å²) in [6.45, 7) is 7.04. The molecule has 1 aromatic heterocycles. The Morgan fingerprint density at radius 2 is 2.12 bits per heavy atom. The average Bonchev–Trinajstić information content (AvgIpc) is 2.61. The molecule has 16 heavy (non-hydrogen) atoms. The van der Waals surface area contributed by atoms with Crippen molar-refractivity contribution in [2.45, 2.75) is 40.0 Å². The Balaban J connectivity index is 2.51. The van der Waals surface area contributed by atoms with Crippen molar-refractivity contribution in [1.29, 1.82) is 0 Å². The van der Waals surface area contributed by atoms with Crippen molar-refractivity contribution in [1.82, 2.24) is 0 Å². The molecule has 0 bridgehead atoms. The molecular formula is C13H21NOS. The zero-order chi connectivity index (χ0) is 12.2. The third-order valence-electron chi connectivity index (χ3n) is 2.97. The fourth-order valence-electron chi connectivity index (χ4n) is 1.74. The van der Waals surface area contributed by atoms with Gasteiger partial charge < -0.3 is 5.73 Å². The number of hydrogen-bond acceptors (Lipinski definition) is 3. The predicted octanol–water partition coefficient (Wildman–Crippen LogP) is 3.39. The molecule has 0 aromatic carbocycles. The van der Waals surface area contributed by atoms with Crippen LogP contribution in [-0.4, -0.2) is 12.3 Å². The van der Waals surface area contributed by atoms with Gasteiger partial charge in [-0.15, -0.1) is 11.3 Å². The Morgan fingerprint density at radius 3 is 2.62 bits per heavy atom. The third-order valence-corrected chi connectivity index (χ3v) is 4.02. The van der Waals surface area contributed by atoms with Crippen molar-refractivity contribution in [2.24, 2.45) is 11.1 Å². The van der Waals surface area contributed by atoms with Gasteiger partial charge in [-0.2, -0.15) is 0 Å². The highest BCUT2D eigenvalue weighted by molar-refractivity contribution is 7.12. The molecule has 1 rings (SSSR count). The van der Waals surface area contributed by atoms with Gasteiger partial charge in [-0.1, -0.05) is 13.8 Å². The standard InChI is InChI=1S/C13H21NOS/c1-10-5-9-16-12(10)11(15)4-6-13(2,3)7-8-14/h5,9H,4,6-8,14H2,1-3H3. The van der Waals surface area contributed by atoms with Crippen LogP contribution in [0.25, 0.3) is 0 Å². The number of nitrogens with two attached hydrogens (primary N) is 1. The van der Waals surface area contributed by atoms with E-state index in [1.54, 1.807) is 11.3 Å². The lowest BCUT2D eigenvalue weighted by atomic mass is 9.83. The number of rotatable bonds is 6. The van der Waals surface area contributed by atoms with E-state index in [-0.39, 0.29) is 11.2 Å². The molecule has 0 aliphatic rings. The van der Waals surface area contributed by atoms with Crippen LogP contribution in [0, 0.1) is 12.3 Å². The van der Waals surface area contributed by atoms with Crippen molar-refractivity contribution in [2.75, 3.05) is 6.54 Å². The van der Waals surface area contributed by atoms with Crippen molar-refractivity contribution < 1.29 is 4.79 Å². The third kappa shape index (κ3) is 3.72. The van der Waals surface area contributed by atoms with E-state index in [1.165, 1.54) is 0 Å². The van der Waals surface area contributed by atoms with E-state index in [2.05, 4.69) is 13.8 Å².